The number of carbonyl (C=O) groups excluding carboxylic acids is 1. The van der Waals surface area contributed by atoms with Gasteiger partial charge in [0, 0.05) is 18.0 Å². The molecule has 94 valence electrons. The van der Waals surface area contributed by atoms with Crippen LogP contribution in [0.1, 0.15) is 12.1 Å². The molecule has 0 aliphatic carbocycles. The summed E-state index contributed by atoms with van der Waals surface area (Å²) in [4.78, 5) is 19.5. The van der Waals surface area contributed by atoms with Crippen molar-refractivity contribution in [3.05, 3.63) is 29.4 Å². The number of nitrogens with two attached hydrogens (primary N) is 1. The standard InChI is InChI=1S/C12H13N3O2S/c1-17-10(16)5-4-8-7-18-12(15-8)9-3-2-6-14-11(9)13/h2-3,6-7H,4-5H2,1H3,(H2,13,14). The molecule has 2 aromatic rings. The van der Waals surface area contributed by atoms with Crippen molar-refractivity contribution in [3.8, 4) is 10.6 Å². The van der Waals surface area contributed by atoms with Crippen molar-refractivity contribution in [2.45, 2.75) is 12.8 Å². The van der Waals surface area contributed by atoms with Crippen LogP contribution in [0.2, 0.25) is 0 Å². The molecule has 5 nitrogen and oxygen atoms in total. The van der Waals surface area contributed by atoms with Gasteiger partial charge in [0.15, 0.2) is 0 Å². The summed E-state index contributed by atoms with van der Waals surface area (Å²) >= 11 is 1.49. The number of pyridine rings is 1. The predicted octanol–water partition coefficient (Wildman–Crippen LogP) is 1.89. The number of nitrogen functional groups attached to an aromatic ring is 1. The molecule has 0 saturated carbocycles. The maximum atomic E-state index is 11.0. The van der Waals surface area contributed by atoms with E-state index in [0.29, 0.717) is 18.7 Å². The van der Waals surface area contributed by atoms with E-state index in [9.17, 15) is 4.79 Å². The lowest BCUT2D eigenvalue weighted by molar-refractivity contribution is -0.140. The number of nitrogens with zero attached hydrogens (tertiary/aromatic N) is 2. The molecule has 0 aromatic carbocycles. The van der Waals surface area contributed by atoms with Gasteiger partial charge in [0.1, 0.15) is 10.8 Å². The van der Waals surface area contributed by atoms with Crippen LogP contribution in [0.3, 0.4) is 0 Å². The van der Waals surface area contributed by atoms with Crippen LogP contribution in [-0.2, 0) is 16.0 Å². The lowest BCUT2D eigenvalue weighted by Gasteiger charge is -1.99. The van der Waals surface area contributed by atoms with E-state index in [2.05, 4.69) is 14.7 Å². The molecule has 0 bridgehead atoms. The van der Waals surface area contributed by atoms with Gasteiger partial charge in [0.05, 0.1) is 24.8 Å². The third kappa shape index (κ3) is 2.84. The predicted molar refractivity (Wildman–Crippen MR) is 70.1 cm³/mol. The van der Waals surface area contributed by atoms with Gasteiger partial charge in [0.2, 0.25) is 0 Å². The van der Waals surface area contributed by atoms with Gasteiger partial charge in [-0.05, 0) is 12.1 Å². The van der Waals surface area contributed by atoms with Crippen LogP contribution in [0.25, 0.3) is 10.6 Å². The van der Waals surface area contributed by atoms with Gasteiger partial charge < -0.3 is 10.5 Å². The van der Waals surface area contributed by atoms with Crippen LogP contribution in [0, 0.1) is 0 Å². The summed E-state index contributed by atoms with van der Waals surface area (Å²) < 4.78 is 4.59. The molecule has 6 heteroatoms. The Hall–Kier alpha value is -1.95. The van der Waals surface area contributed by atoms with Crippen LogP contribution in [0.5, 0.6) is 0 Å². The molecule has 0 saturated heterocycles. The van der Waals surface area contributed by atoms with Crippen LogP contribution < -0.4 is 5.73 Å². The Balaban J connectivity index is 2.11. The van der Waals surface area contributed by atoms with Crippen molar-refractivity contribution in [3.63, 3.8) is 0 Å². The third-order valence-corrected chi connectivity index (χ3v) is 3.36. The zero-order valence-electron chi connectivity index (χ0n) is 9.92. The smallest absolute Gasteiger partial charge is 0.305 e. The second-order valence-electron chi connectivity index (χ2n) is 3.66. The summed E-state index contributed by atoms with van der Waals surface area (Å²) in [5, 5.41) is 2.74. The van der Waals surface area contributed by atoms with Crippen molar-refractivity contribution in [2.75, 3.05) is 12.8 Å². The van der Waals surface area contributed by atoms with Crippen LogP contribution >= 0.6 is 11.3 Å². The van der Waals surface area contributed by atoms with Crippen molar-refractivity contribution in [2.24, 2.45) is 0 Å². The molecule has 2 heterocycles. The number of aryl methyl sites for hydroxylation is 1. The highest BCUT2D eigenvalue weighted by atomic mass is 32.1. The molecule has 0 atom stereocenters. The van der Waals surface area contributed by atoms with E-state index < -0.39 is 0 Å². The van der Waals surface area contributed by atoms with E-state index in [4.69, 9.17) is 5.73 Å². The molecule has 2 aromatic heterocycles. The third-order valence-electron chi connectivity index (χ3n) is 2.43. The molecule has 2 N–H and O–H groups in total. The van der Waals surface area contributed by atoms with E-state index in [0.717, 1.165) is 16.3 Å². The van der Waals surface area contributed by atoms with Crippen molar-refractivity contribution < 1.29 is 9.53 Å². The van der Waals surface area contributed by atoms with Gasteiger partial charge in [-0.1, -0.05) is 0 Å². The van der Waals surface area contributed by atoms with E-state index >= 15 is 0 Å². The van der Waals surface area contributed by atoms with Crippen LogP contribution in [-0.4, -0.2) is 23.0 Å². The lowest BCUT2D eigenvalue weighted by atomic mass is 10.2. The van der Waals surface area contributed by atoms with E-state index in [-0.39, 0.29) is 5.97 Å². The Morgan fingerprint density at radius 2 is 2.39 bits per heavy atom. The highest BCUT2D eigenvalue weighted by molar-refractivity contribution is 7.13. The Kier molecular flexibility index (Phi) is 3.88. The maximum absolute atomic E-state index is 11.0. The number of ether oxygens (including phenoxy) is 1. The van der Waals surface area contributed by atoms with Crippen LogP contribution in [0.15, 0.2) is 23.7 Å². The Morgan fingerprint density at radius 1 is 1.56 bits per heavy atom. The molecular formula is C12H13N3O2S. The number of carbonyl (C=O) groups is 1. The topological polar surface area (TPSA) is 78.1 Å². The first kappa shape index (κ1) is 12.5. The van der Waals surface area contributed by atoms with E-state index in [1.807, 2.05) is 17.5 Å². The first-order valence-corrected chi connectivity index (χ1v) is 6.30. The zero-order chi connectivity index (χ0) is 13.0. The van der Waals surface area contributed by atoms with Crippen molar-refractivity contribution in [1.29, 1.82) is 0 Å². The maximum Gasteiger partial charge on any atom is 0.305 e. The largest absolute Gasteiger partial charge is 0.469 e. The van der Waals surface area contributed by atoms with Gasteiger partial charge in [0.25, 0.3) is 0 Å². The molecule has 0 amide bonds. The fourth-order valence-corrected chi connectivity index (χ4v) is 2.36. The summed E-state index contributed by atoms with van der Waals surface area (Å²) in [6.07, 6.45) is 2.55. The molecule has 0 spiro atoms. The number of rotatable bonds is 4. The van der Waals surface area contributed by atoms with Crippen molar-refractivity contribution >= 4 is 23.1 Å². The fourth-order valence-electron chi connectivity index (χ4n) is 1.48. The highest BCUT2D eigenvalue weighted by Gasteiger charge is 2.09. The highest BCUT2D eigenvalue weighted by Crippen LogP contribution is 2.27. The molecule has 2 rings (SSSR count). The Morgan fingerprint density at radius 3 is 3.11 bits per heavy atom. The minimum absolute atomic E-state index is 0.231. The molecule has 0 aliphatic heterocycles. The van der Waals surface area contributed by atoms with Gasteiger partial charge >= 0.3 is 5.97 Å². The zero-order valence-corrected chi connectivity index (χ0v) is 10.7. The minimum Gasteiger partial charge on any atom is -0.469 e. The van der Waals surface area contributed by atoms with Crippen LogP contribution in [0.4, 0.5) is 5.82 Å². The number of esters is 1. The second kappa shape index (κ2) is 5.59. The molecule has 0 unspecified atom stereocenters. The number of aromatic nitrogens is 2. The minimum atomic E-state index is -0.231. The summed E-state index contributed by atoms with van der Waals surface area (Å²) in [6.45, 7) is 0. The van der Waals surface area contributed by atoms with Gasteiger partial charge in [-0.3, -0.25) is 4.79 Å². The summed E-state index contributed by atoms with van der Waals surface area (Å²) in [5.41, 5.74) is 7.48. The Bertz CT molecular complexity index is 554. The SMILES string of the molecule is COC(=O)CCc1csc(-c2cccnc2N)n1. The second-order valence-corrected chi connectivity index (χ2v) is 4.51. The Labute approximate surface area is 109 Å². The average Bonchev–Trinajstić information content (AvgIpc) is 2.85. The van der Waals surface area contributed by atoms with Gasteiger partial charge in [-0.25, -0.2) is 9.97 Å². The number of hydrogen-bond acceptors (Lipinski definition) is 6. The van der Waals surface area contributed by atoms with Gasteiger partial charge in [-0.15, -0.1) is 11.3 Å². The van der Waals surface area contributed by atoms with E-state index in [1.54, 1.807) is 6.20 Å². The lowest BCUT2D eigenvalue weighted by Crippen LogP contribution is -2.02. The summed E-state index contributed by atoms with van der Waals surface area (Å²) in [6, 6.07) is 3.70. The number of thiazole rings is 1. The normalized spacial score (nSPS) is 10.3. The molecule has 0 aliphatic rings. The molecule has 0 radical (unpaired) electrons. The number of methoxy groups -OCH3 is 1. The van der Waals surface area contributed by atoms with Crippen molar-refractivity contribution in [1.82, 2.24) is 9.97 Å². The number of anilines is 1. The average molecular weight is 263 g/mol. The quantitative estimate of drug-likeness (QED) is 0.852. The summed E-state index contributed by atoms with van der Waals surface area (Å²) in [5.74, 6) is 0.233. The first-order valence-electron chi connectivity index (χ1n) is 5.43. The summed E-state index contributed by atoms with van der Waals surface area (Å²) in [7, 11) is 1.38. The first-order chi connectivity index (χ1) is 8.70. The molecular weight excluding hydrogens is 250 g/mol. The monoisotopic (exact) mass is 263 g/mol. The molecule has 0 fully saturated rings. The number of hydrogen-bond donors (Lipinski definition) is 1. The molecule has 18 heavy (non-hydrogen) atoms. The van der Waals surface area contributed by atoms with E-state index in [1.165, 1.54) is 18.4 Å². The van der Waals surface area contributed by atoms with Gasteiger partial charge in [-0.2, -0.15) is 0 Å². The fraction of sp³-hybridized carbons (Fsp3) is 0.250.